The molecule has 21 heavy (non-hydrogen) atoms. The minimum atomic E-state index is 0.607. The van der Waals surface area contributed by atoms with Crippen LogP contribution in [0.3, 0.4) is 0 Å². The highest BCUT2D eigenvalue weighted by atomic mass is 15.4. The lowest BCUT2D eigenvalue weighted by atomic mass is 10.1. The van der Waals surface area contributed by atoms with Gasteiger partial charge in [0.15, 0.2) is 6.20 Å². The van der Waals surface area contributed by atoms with Gasteiger partial charge < -0.3 is 5.73 Å². The van der Waals surface area contributed by atoms with Crippen LogP contribution in [0, 0.1) is 11.3 Å². The number of hydrogen-bond acceptors (Lipinski definition) is 3. The first kappa shape index (κ1) is 14.2. The number of nitrogens with one attached hydrogen (secondary N) is 1. The summed E-state index contributed by atoms with van der Waals surface area (Å²) in [7, 11) is 0. The number of aromatic amines is 1. The van der Waals surface area contributed by atoms with Gasteiger partial charge in [-0.25, -0.2) is 4.98 Å². The van der Waals surface area contributed by atoms with E-state index in [1.54, 1.807) is 30.6 Å². The van der Waals surface area contributed by atoms with Crippen molar-refractivity contribution in [2.45, 2.75) is 6.92 Å². The maximum absolute atomic E-state index is 8.94. The largest absolute Gasteiger partial charge is 0.395 e. The van der Waals surface area contributed by atoms with Gasteiger partial charge in [-0.2, -0.15) is 11.1 Å². The summed E-state index contributed by atoms with van der Waals surface area (Å²) in [4.78, 5) is 3.00. The second-order valence-electron chi connectivity index (χ2n) is 4.47. The van der Waals surface area contributed by atoms with Crippen molar-refractivity contribution in [1.82, 2.24) is 0 Å². The molecule has 0 saturated carbocycles. The molecule has 2 aromatic rings. The quantitative estimate of drug-likeness (QED) is 0.388. The van der Waals surface area contributed by atoms with E-state index < -0.39 is 0 Å². The van der Waals surface area contributed by atoms with Crippen LogP contribution in [0.1, 0.15) is 18.1 Å². The van der Waals surface area contributed by atoms with Gasteiger partial charge in [-0.3, -0.25) is 0 Å². The number of nitrogens with zero attached hydrogens (tertiary/aromatic N) is 3. The Kier molecular flexibility index (Phi) is 4.26. The van der Waals surface area contributed by atoms with Crippen LogP contribution >= 0.6 is 0 Å². The van der Waals surface area contributed by atoms with Gasteiger partial charge in [0.2, 0.25) is 0 Å². The van der Waals surface area contributed by atoms with Crippen molar-refractivity contribution in [1.29, 1.82) is 5.26 Å². The Morgan fingerprint density at radius 1 is 1.38 bits per heavy atom. The molecule has 0 amide bonds. The van der Waals surface area contributed by atoms with Crippen LogP contribution in [0.2, 0.25) is 0 Å². The molecule has 2 rings (SSSR count). The Morgan fingerprint density at radius 3 is 2.81 bits per heavy atom. The number of benzene rings is 1. The van der Waals surface area contributed by atoms with E-state index in [-0.39, 0.29) is 0 Å². The average Bonchev–Trinajstić information content (AvgIpc) is 2.53. The minimum absolute atomic E-state index is 0.607. The number of hydrogen-bond donors (Lipinski definition) is 2. The lowest BCUT2D eigenvalue weighted by Crippen LogP contribution is -2.13. The van der Waals surface area contributed by atoms with E-state index in [1.165, 1.54) is 4.70 Å². The Labute approximate surface area is 122 Å². The lowest BCUT2D eigenvalue weighted by Gasteiger charge is -2.00. The van der Waals surface area contributed by atoms with Crippen molar-refractivity contribution in [2.24, 2.45) is 11.1 Å². The number of aromatic nitrogens is 1. The molecule has 0 radical (unpaired) electrons. The summed E-state index contributed by atoms with van der Waals surface area (Å²) in [6.07, 6.45) is 3.44. The second kappa shape index (κ2) is 6.30. The smallest absolute Gasteiger partial charge is 0.364 e. The fourth-order valence-corrected chi connectivity index (χ4v) is 1.83. The molecule has 1 aromatic heterocycles. The van der Waals surface area contributed by atoms with E-state index in [4.69, 9.17) is 16.8 Å². The number of H-pyrrole nitrogens is 1. The summed E-state index contributed by atoms with van der Waals surface area (Å²) in [6.45, 7) is 1.92. The third-order valence-corrected chi connectivity index (χ3v) is 2.95. The molecular weight excluding hydrogens is 264 g/mol. The van der Waals surface area contributed by atoms with Crippen molar-refractivity contribution in [2.75, 3.05) is 5.73 Å². The maximum atomic E-state index is 8.94. The van der Waals surface area contributed by atoms with Crippen molar-refractivity contribution >= 4 is 17.1 Å². The number of anilines is 1. The molecule has 1 heterocycles. The van der Waals surface area contributed by atoms with E-state index in [2.05, 4.69) is 16.3 Å². The van der Waals surface area contributed by atoms with E-state index in [1.807, 2.05) is 25.1 Å². The summed E-state index contributed by atoms with van der Waals surface area (Å²) in [5.74, 6) is 6.11. The number of nitrogen functional groups attached to an aromatic ring is 1. The first-order valence-corrected chi connectivity index (χ1v) is 6.30. The number of pyridine rings is 1. The van der Waals surface area contributed by atoms with Crippen LogP contribution in [0.5, 0.6) is 0 Å². The molecule has 5 N–H and O–H groups in total. The van der Waals surface area contributed by atoms with Crippen molar-refractivity contribution in [3.63, 3.8) is 0 Å². The van der Waals surface area contributed by atoms with Gasteiger partial charge in [0, 0.05) is 5.57 Å². The molecule has 1 aromatic carbocycles. The van der Waals surface area contributed by atoms with Crippen LogP contribution in [-0.2, 0) is 0 Å². The number of allylic oxidation sites excluding steroid dienone is 1. The fourth-order valence-electron chi connectivity index (χ4n) is 1.83. The lowest BCUT2D eigenvalue weighted by molar-refractivity contribution is -0.556. The van der Waals surface area contributed by atoms with Crippen LogP contribution in [0.4, 0.5) is 11.5 Å². The summed E-state index contributed by atoms with van der Waals surface area (Å²) in [5, 5.41) is 12.7. The van der Waals surface area contributed by atoms with Crippen molar-refractivity contribution in [3.05, 3.63) is 59.9 Å². The third-order valence-electron chi connectivity index (χ3n) is 2.95. The Balaban J connectivity index is 2.35. The van der Waals surface area contributed by atoms with Crippen molar-refractivity contribution in [3.8, 4) is 6.07 Å². The monoisotopic (exact) mass is 280 g/mol. The van der Waals surface area contributed by atoms with Gasteiger partial charge in [-0.15, -0.1) is 0 Å². The van der Waals surface area contributed by atoms with Gasteiger partial charge in [0.25, 0.3) is 0 Å². The molecule has 0 aliphatic carbocycles. The Hall–Kier alpha value is -3.20. The highest BCUT2D eigenvalue weighted by molar-refractivity contribution is 5.64. The van der Waals surface area contributed by atoms with Crippen LogP contribution in [0.25, 0.3) is 5.57 Å². The molecule has 104 valence electrons. The summed E-state index contributed by atoms with van der Waals surface area (Å²) < 4.78 is 1.51. The molecule has 0 spiro atoms. The third kappa shape index (κ3) is 3.42. The van der Waals surface area contributed by atoms with Gasteiger partial charge >= 0.3 is 5.82 Å². The molecule has 6 nitrogen and oxygen atoms in total. The zero-order valence-corrected chi connectivity index (χ0v) is 11.6. The van der Waals surface area contributed by atoms with E-state index in [0.29, 0.717) is 17.1 Å². The molecule has 0 aliphatic rings. The highest BCUT2D eigenvalue weighted by Gasteiger charge is 2.12. The molecule has 0 fully saturated rings. The summed E-state index contributed by atoms with van der Waals surface area (Å²) in [5.41, 5.74) is 8.72. The van der Waals surface area contributed by atoms with E-state index in [0.717, 1.165) is 11.1 Å². The summed E-state index contributed by atoms with van der Waals surface area (Å²) in [6, 6.07) is 13.0. The fraction of sp³-hybridized carbons (Fsp3) is 0.0667. The van der Waals surface area contributed by atoms with Crippen LogP contribution < -0.4 is 16.6 Å². The zero-order valence-electron chi connectivity index (χ0n) is 11.6. The normalized spacial score (nSPS) is 12.0. The number of rotatable bonds is 3. The first-order chi connectivity index (χ1) is 10.1. The SMILES string of the molecule is C/C(=C\[N+](=NN)c1ccc(N)c[nH+]1)c1cccc(C#N)c1. The average molecular weight is 280 g/mol. The number of nitrogens with two attached hydrogens (primary N) is 2. The van der Waals surface area contributed by atoms with Gasteiger partial charge in [-0.05, 0) is 35.4 Å². The van der Waals surface area contributed by atoms with Crippen LogP contribution in [-0.4, -0.2) is 4.70 Å². The standard InChI is InChI=1S/C15H14N6/c1-11(13-4-2-3-12(7-13)8-16)10-21(20-18)15-6-5-14(17)9-19-15/h2-7,9-10,18H,17H2,1H3/p+2/b11-10+. The topological polar surface area (TPSA) is 105 Å². The number of nitriles is 1. The predicted molar refractivity (Wildman–Crippen MR) is 78.8 cm³/mol. The van der Waals surface area contributed by atoms with Crippen molar-refractivity contribution < 1.29 is 9.68 Å². The van der Waals surface area contributed by atoms with E-state index >= 15 is 0 Å². The Morgan fingerprint density at radius 2 is 2.19 bits per heavy atom. The molecule has 0 atom stereocenters. The molecular formula is C15H16N6+2. The first-order valence-electron chi connectivity index (χ1n) is 6.30. The molecule has 0 saturated heterocycles. The van der Waals surface area contributed by atoms with Crippen LogP contribution in [0.15, 0.2) is 54.0 Å². The van der Waals surface area contributed by atoms with E-state index in [9.17, 15) is 0 Å². The van der Waals surface area contributed by atoms with Gasteiger partial charge in [0.1, 0.15) is 11.4 Å². The highest BCUT2D eigenvalue weighted by Crippen LogP contribution is 2.17. The molecule has 0 unspecified atom stereocenters. The minimum Gasteiger partial charge on any atom is -0.395 e. The second-order valence-corrected chi connectivity index (χ2v) is 4.47. The molecule has 6 heteroatoms. The van der Waals surface area contributed by atoms with Gasteiger partial charge in [-0.1, -0.05) is 12.1 Å². The zero-order chi connectivity index (χ0) is 15.2. The van der Waals surface area contributed by atoms with Gasteiger partial charge in [0.05, 0.1) is 23.4 Å². The predicted octanol–water partition coefficient (Wildman–Crippen LogP) is 1.99. The molecule has 0 aliphatic heterocycles. The summed E-state index contributed by atoms with van der Waals surface area (Å²) >= 11 is 0. The molecule has 0 bridgehead atoms. The maximum Gasteiger partial charge on any atom is 0.364 e. The Bertz CT molecular complexity index is 738.